The molecule has 3 rings (SSSR count). The van der Waals surface area contributed by atoms with Crippen LogP contribution < -0.4 is 4.74 Å². The van der Waals surface area contributed by atoms with Gasteiger partial charge in [0.25, 0.3) is 5.19 Å². The number of ether oxygens (including phenoxy) is 1. The van der Waals surface area contributed by atoms with Gasteiger partial charge < -0.3 is 9.64 Å². The van der Waals surface area contributed by atoms with Crippen molar-refractivity contribution in [2.75, 3.05) is 7.05 Å². The highest BCUT2D eigenvalue weighted by molar-refractivity contribution is 7.07. The number of benzene rings is 1. The molecule has 0 aliphatic heterocycles. The van der Waals surface area contributed by atoms with Gasteiger partial charge in [0, 0.05) is 30.5 Å². The summed E-state index contributed by atoms with van der Waals surface area (Å²) in [6.45, 7) is 10.6. The summed E-state index contributed by atoms with van der Waals surface area (Å²) in [7, 11) is 2.03. The first-order valence-electron chi connectivity index (χ1n) is 8.74. The van der Waals surface area contributed by atoms with E-state index in [0.717, 1.165) is 28.4 Å². The summed E-state index contributed by atoms with van der Waals surface area (Å²) in [5.41, 5.74) is 3.08. The van der Waals surface area contributed by atoms with Gasteiger partial charge in [-0.15, -0.1) is 0 Å². The van der Waals surface area contributed by atoms with Gasteiger partial charge in [-0.25, -0.2) is 4.99 Å². The van der Waals surface area contributed by atoms with E-state index in [4.69, 9.17) is 4.74 Å². The summed E-state index contributed by atoms with van der Waals surface area (Å²) in [5, 5.41) is 0.618. The molecule has 0 spiro atoms. The molecule has 1 fully saturated rings. The second-order valence-corrected chi connectivity index (χ2v) is 7.96. The number of hydrogen-bond acceptors (Lipinski definition) is 5. The third-order valence-corrected chi connectivity index (χ3v) is 5.36. The number of aliphatic imine (C=N–C) groups is 1. The second kappa shape index (κ2) is 7.12. The first kappa shape index (κ1) is 17.9. The van der Waals surface area contributed by atoms with Crippen molar-refractivity contribution in [1.29, 1.82) is 0 Å². The zero-order valence-corrected chi connectivity index (χ0v) is 16.6. The van der Waals surface area contributed by atoms with E-state index in [2.05, 4.69) is 46.1 Å². The first-order valence-corrected chi connectivity index (χ1v) is 9.51. The number of nitrogens with zero attached hydrogens (tertiary/aromatic N) is 4. The van der Waals surface area contributed by atoms with Crippen LogP contribution in [0.25, 0.3) is 0 Å². The highest BCUT2D eigenvalue weighted by Crippen LogP contribution is 2.46. The molecule has 2 aromatic rings. The van der Waals surface area contributed by atoms with Gasteiger partial charge in [0.05, 0.1) is 12.0 Å². The fraction of sp³-hybridized carbons (Fsp3) is 0.526. The summed E-state index contributed by atoms with van der Waals surface area (Å²) < 4.78 is 10.4. The molecule has 1 aliphatic carbocycles. The largest absolute Gasteiger partial charge is 0.430 e. The summed E-state index contributed by atoms with van der Waals surface area (Å²) in [5.74, 6) is 2.97. The molecule has 134 valence electrons. The van der Waals surface area contributed by atoms with E-state index in [1.54, 1.807) is 0 Å². The van der Waals surface area contributed by atoms with Crippen LogP contribution in [-0.4, -0.2) is 33.7 Å². The number of aromatic nitrogens is 2. The van der Waals surface area contributed by atoms with Gasteiger partial charge in [-0.3, -0.25) is 0 Å². The molecule has 0 radical (unpaired) electrons. The van der Waals surface area contributed by atoms with E-state index in [1.165, 1.54) is 18.0 Å². The maximum atomic E-state index is 5.99. The predicted octanol–water partition coefficient (Wildman–Crippen LogP) is 5.07. The molecule has 0 saturated heterocycles. The Morgan fingerprint density at radius 2 is 2.04 bits per heavy atom. The lowest BCUT2D eigenvalue weighted by molar-refractivity contribution is 0.429. The van der Waals surface area contributed by atoms with Crippen LogP contribution in [0.3, 0.4) is 0 Å². The van der Waals surface area contributed by atoms with Crippen LogP contribution in [-0.2, 0) is 0 Å². The Balaban J connectivity index is 1.74. The fourth-order valence-electron chi connectivity index (χ4n) is 2.50. The van der Waals surface area contributed by atoms with Crippen molar-refractivity contribution >= 4 is 23.6 Å². The molecule has 1 aliphatic rings. The van der Waals surface area contributed by atoms with Crippen molar-refractivity contribution in [3.63, 3.8) is 0 Å². The molecule has 1 heterocycles. The van der Waals surface area contributed by atoms with Gasteiger partial charge in [0.1, 0.15) is 11.6 Å². The molecular formula is C19H26N4OS. The SMILES string of the molecule is Cc1cc(Oc2nc(C3CC3C)ns2)c(C)cc1/N=C\N(C)C(C)C. The van der Waals surface area contributed by atoms with Gasteiger partial charge in [0.2, 0.25) is 0 Å². The second-order valence-electron chi connectivity index (χ2n) is 7.25. The van der Waals surface area contributed by atoms with E-state index < -0.39 is 0 Å². The Hall–Kier alpha value is -1.95. The van der Waals surface area contributed by atoms with Crippen molar-refractivity contribution < 1.29 is 4.74 Å². The number of hydrogen-bond donors (Lipinski definition) is 0. The Bertz CT molecular complexity index is 784. The maximum Gasteiger partial charge on any atom is 0.298 e. The van der Waals surface area contributed by atoms with Gasteiger partial charge in [-0.1, -0.05) is 6.92 Å². The molecule has 2 unspecified atom stereocenters. The van der Waals surface area contributed by atoms with Crippen LogP contribution in [0, 0.1) is 19.8 Å². The van der Waals surface area contributed by atoms with Crippen LogP contribution in [0.15, 0.2) is 17.1 Å². The molecule has 1 saturated carbocycles. The van der Waals surface area contributed by atoms with Gasteiger partial charge in [-0.05, 0) is 63.3 Å². The van der Waals surface area contributed by atoms with E-state index in [-0.39, 0.29) is 0 Å². The minimum absolute atomic E-state index is 0.425. The van der Waals surface area contributed by atoms with E-state index in [1.807, 2.05) is 33.3 Å². The average Bonchev–Trinajstić information content (AvgIpc) is 3.10. The van der Waals surface area contributed by atoms with Crippen molar-refractivity contribution in [2.45, 2.75) is 53.0 Å². The topological polar surface area (TPSA) is 50.6 Å². The third kappa shape index (κ3) is 4.18. The zero-order chi connectivity index (χ0) is 18.1. The average molecular weight is 359 g/mol. The molecule has 1 aromatic carbocycles. The quantitative estimate of drug-likeness (QED) is 0.534. The zero-order valence-electron chi connectivity index (χ0n) is 15.8. The van der Waals surface area contributed by atoms with E-state index in [0.29, 0.717) is 23.1 Å². The van der Waals surface area contributed by atoms with E-state index >= 15 is 0 Å². The fourth-order valence-corrected chi connectivity index (χ4v) is 3.11. The van der Waals surface area contributed by atoms with Crippen LogP contribution in [0.5, 0.6) is 10.9 Å². The first-order chi connectivity index (χ1) is 11.8. The smallest absolute Gasteiger partial charge is 0.298 e. The van der Waals surface area contributed by atoms with Crippen LogP contribution in [0.2, 0.25) is 0 Å². The normalized spacial score (nSPS) is 19.6. The molecule has 2 atom stereocenters. The minimum Gasteiger partial charge on any atom is -0.430 e. The van der Waals surface area contributed by atoms with Crippen molar-refractivity contribution in [3.8, 4) is 10.9 Å². The lowest BCUT2D eigenvalue weighted by Gasteiger charge is -2.17. The third-order valence-electron chi connectivity index (χ3n) is 4.75. The Morgan fingerprint density at radius 3 is 2.68 bits per heavy atom. The number of aryl methyl sites for hydroxylation is 2. The molecule has 1 aromatic heterocycles. The summed E-state index contributed by atoms with van der Waals surface area (Å²) >= 11 is 1.33. The summed E-state index contributed by atoms with van der Waals surface area (Å²) in [4.78, 5) is 11.2. The highest BCUT2D eigenvalue weighted by atomic mass is 32.1. The van der Waals surface area contributed by atoms with E-state index in [9.17, 15) is 0 Å². The summed E-state index contributed by atoms with van der Waals surface area (Å²) in [6.07, 6.45) is 3.06. The Kier molecular flexibility index (Phi) is 5.08. The van der Waals surface area contributed by atoms with Crippen LogP contribution in [0.4, 0.5) is 5.69 Å². The number of rotatable bonds is 6. The van der Waals surface area contributed by atoms with Crippen molar-refractivity contribution in [3.05, 3.63) is 29.1 Å². The van der Waals surface area contributed by atoms with Crippen molar-refractivity contribution in [1.82, 2.24) is 14.3 Å². The highest BCUT2D eigenvalue weighted by Gasteiger charge is 2.37. The molecule has 0 amide bonds. The van der Waals surface area contributed by atoms with Crippen LogP contribution in [0.1, 0.15) is 50.1 Å². The summed E-state index contributed by atoms with van der Waals surface area (Å²) in [6, 6.07) is 4.51. The Labute approximate surface area is 153 Å². The lowest BCUT2D eigenvalue weighted by atomic mass is 10.1. The molecule has 0 N–H and O–H groups in total. The Morgan fingerprint density at radius 1 is 1.32 bits per heavy atom. The monoisotopic (exact) mass is 358 g/mol. The predicted molar refractivity (Wildman–Crippen MR) is 103 cm³/mol. The molecule has 6 heteroatoms. The standard InChI is InChI=1S/C19H26N4OS/c1-11(2)23(6)10-20-16-8-14(5)17(9-13(16)4)24-19-21-18(22-25-19)15-7-12(15)3/h8-12,15H,7H2,1-6H3/b20-10-. The molecule has 5 nitrogen and oxygen atoms in total. The van der Waals surface area contributed by atoms with Crippen LogP contribution >= 0.6 is 11.5 Å². The van der Waals surface area contributed by atoms with Gasteiger partial charge in [0.15, 0.2) is 0 Å². The van der Waals surface area contributed by atoms with Crippen molar-refractivity contribution in [2.24, 2.45) is 10.9 Å². The lowest BCUT2D eigenvalue weighted by Crippen LogP contribution is -2.24. The van der Waals surface area contributed by atoms with Gasteiger partial charge >= 0.3 is 0 Å². The molecule has 25 heavy (non-hydrogen) atoms. The maximum absolute atomic E-state index is 5.99. The minimum atomic E-state index is 0.425. The molecule has 0 bridgehead atoms. The molecular weight excluding hydrogens is 332 g/mol. The van der Waals surface area contributed by atoms with Gasteiger partial charge in [-0.2, -0.15) is 9.36 Å².